The Morgan fingerprint density at radius 3 is 2.91 bits per heavy atom. The fourth-order valence-corrected chi connectivity index (χ4v) is 2.41. The number of pyridine rings is 1. The fourth-order valence-electron chi connectivity index (χ4n) is 2.05. The molecule has 0 saturated heterocycles. The minimum atomic E-state index is -0.385. The van der Waals surface area contributed by atoms with E-state index in [1.54, 1.807) is 20.2 Å². The van der Waals surface area contributed by atoms with Gasteiger partial charge < -0.3 is 14.8 Å². The van der Waals surface area contributed by atoms with Gasteiger partial charge in [-0.2, -0.15) is 0 Å². The van der Waals surface area contributed by atoms with Gasteiger partial charge in [0.25, 0.3) is 0 Å². The molecule has 1 heterocycles. The maximum atomic E-state index is 12.2. The minimum absolute atomic E-state index is 0.0189. The summed E-state index contributed by atoms with van der Waals surface area (Å²) in [4.78, 5) is 16.5. The number of hydrogen-bond donors (Lipinski definition) is 1. The summed E-state index contributed by atoms with van der Waals surface area (Å²) in [5, 5.41) is 4.15. The van der Waals surface area contributed by atoms with Gasteiger partial charge >= 0.3 is 5.97 Å². The molecule has 0 fully saturated rings. The van der Waals surface area contributed by atoms with Crippen molar-refractivity contribution >= 4 is 38.5 Å². The molecule has 118 valence electrons. The molecule has 0 aliphatic rings. The van der Waals surface area contributed by atoms with Crippen molar-refractivity contribution in [2.75, 3.05) is 25.6 Å². The molecule has 0 spiro atoms. The van der Waals surface area contributed by atoms with Crippen LogP contribution in [0.4, 0.5) is 5.69 Å². The largest absolute Gasteiger partial charge is 0.462 e. The SMILES string of the molecule is CCOC(=O)c1cnc2ccc(Br)cc2c1NCC(C)OC. The van der Waals surface area contributed by atoms with Crippen molar-refractivity contribution in [2.45, 2.75) is 20.0 Å². The third kappa shape index (κ3) is 3.75. The van der Waals surface area contributed by atoms with E-state index >= 15 is 0 Å². The van der Waals surface area contributed by atoms with Crippen LogP contribution in [0, 0.1) is 0 Å². The first-order valence-electron chi connectivity index (χ1n) is 7.08. The Kier molecular flexibility index (Phi) is 5.74. The van der Waals surface area contributed by atoms with E-state index in [1.165, 1.54) is 0 Å². The number of anilines is 1. The molecular formula is C16H19BrN2O3. The molecule has 0 radical (unpaired) electrons. The van der Waals surface area contributed by atoms with Gasteiger partial charge in [0, 0.05) is 29.7 Å². The van der Waals surface area contributed by atoms with E-state index in [0.29, 0.717) is 24.4 Å². The second-order valence-electron chi connectivity index (χ2n) is 4.86. The smallest absolute Gasteiger partial charge is 0.341 e. The van der Waals surface area contributed by atoms with E-state index in [1.807, 2.05) is 25.1 Å². The highest BCUT2D eigenvalue weighted by Gasteiger charge is 2.17. The highest BCUT2D eigenvalue weighted by molar-refractivity contribution is 9.10. The summed E-state index contributed by atoms with van der Waals surface area (Å²) in [6.45, 7) is 4.64. The fraction of sp³-hybridized carbons (Fsp3) is 0.375. The lowest BCUT2D eigenvalue weighted by atomic mass is 10.1. The molecule has 6 heteroatoms. The van der Waals surface area contributed by atoms with Crippen LogP contribution in [0.25, 0.3) is 10.9 Å². The first-order valence-corrected chi connectivity index (χ1v) is 7.88. The molecule has 0 amide bonds. The van der Waals surface area contributed by atoms with Gasteiger partial charge in [0.1, 0.15) is 5.56 Å². The van der Waals surface area contributed by atoms with Crippen molar-refractivity contribution in [1.29, 1.82) is 0 Å². The van der Waals surface area contributed by atoms with Gasteiger partial charge in [-0.1, -0.05) is 15.9 Å². The normalized spacial score (nSPS) is 12.2. The number of hydrogen-bond acceptors (Lipinski definition) is 5. The standard InChI is InChI=1S/C16H19BrN2O3/c1-4-22-16(20)13-9-18-14-6-5-11(17)7-12(14)15(13)19-8-10(2)21-3/h5-7,9-10H,4,8H2,1-3H3,(H,18,19). The van der Waals surface area contributed by atoms with Gasteiger partial charge in [0.05, 0.1) is 23.9 Å². The number of methoxy groups -OCH3 is 1. The van der Waals surface area contributed by atoms with Crippen molar-refractivity contribution in [1.82, 2.24) is 4.98 Å². The van der Waals surface area contributed by atoms with Crippen LogP contribution < -0.4 is 5.32 Å². The molecule has 1 aromatic carbocycles. The number of benzene rings is 1. The van der Waals surface area contributed by atoms with Crippen molar-refractivity contribution in [3.05, 3.63) is 34.4 Å². The molecular weight excluding hydrogens is 348 g/mol. The molecule has 1 unspecified atom stereocenters. The molecule has 22 heavy (non-hydrogen) atoms. The lowest BCUT2D eigenvalue weighted by Gasteiger charge is -2.16. The third-order valence-electron chi connectivity index (χ3n) is 3.29. The van der Waals surface area contributed by atoms with Crippen LogP contribution in [0.15, 0.2) is 28.9 Å². The maximum Gasteiger partial charge on any atom is 0.341 e. The summed E-state index contributed by atoms with van der Waals surface area (Å²) in [5.41, 5.74) is 1.95. The number of ether oxygens (including phenoxy) is 2. The van der Waals surface area contributed by atoms with E-state index in [-0.39, 0.29) is 12.1 Å². The van der Waals surface area contributed by atoms with E-state index in [4.69, 9.17) is 9.47 Å². The second kappa shape index (κ2) is 7.56. The lowest BCUT2D eigenvalue weighted by Crippen LogP contribution is -2.20. The number of carbonyl (C=O) groups is 1. The Labute approximate surface area is 138 Å². The van der Waals surface area contributed by atoms with Gasteiger partial charge in [-0.3, -0.25) is 4.98 Å². The van der Waals surface area contributed by atoms with Gasteiger partial charge in [-0.05, 0) is 32.0 Å². The monoisotopic (exact) mass is 366 g/mol. The van der Waals surface area contributed by atoms with Crippen LogP contribution in [0.5, 0.6) is 0 Å². The molecule has 0 saturated carbocycles. The quantitative estimate of drug-likeness (QED) is 0.791. The van der Waals surface area contributed by atoms with E-state index < -0.39 is 0 Å². The van der Waals surface area contributed by atoms with Crippen molar-refractivity contribution in [3.63, 3.8) is 0 Å². The van der Waals surface area contributed by atoms with E-state index in [0.717, 1.165) is 15.4 Å². The van der Waals surface area contributed by atoms with Gasteiger partial charge in [-0.25, -0.2) is 4.79 Å². The Bertz CT molecular complexity index is 676. The predicted molar refractivity (Wildman–Crippen MR) is 90.4 cm³/mol. The molecule has 0 aliphatic carbocycles. The molecule has 1 N–H and O–H groups in total. The van der Waals surface area contributed by atoms with Crippen molar-refractivity contribution < 1.29 is 14.3 Å². The van der Waals surface area contributed by atoms with Gasteiger partial charge in [0.15, 0.2) is 0 Å². The van der Waals surface area contributed by atoms with Crippen LogP contribution >= 0.6 is 15.9 Å². The summed E-state index contributed by atoms with van der Waals surface area (Å²) in [5.74, 6) is -0.385. The summed E-state index contributed by atoms with van der Waals surface area (Å²) in [7, 11) is 1.65. The van der Waals surface area contributed by atoms with Crippen LogP contribution in [-0.4, -0.2) is 37.3 Å². The third-order valence-corrected chi connectivity index (χ3v) is 3.79. The molecule has 1 atom stereocenters. The number of rotatable bonds is 6. The number of aromatic nitrogens is 1. The van der Waals surface area contributed by atoms with E-state index in [9.17, 15) is 4.79 Å². The molecule has 5 nitrogen and oxygen atoms in total. The summed E-state index contributed by atoms with van der Waals surface area (Å²) in [6, 6.07) is 5.76. The number of nitrogens with zero attached hydrogens (tertiary/aromatic N) is 1. The van der Waals surface area contributed by atoms with Crippen LogP contribution in [0.3, 0.4) is 0 Å². The van der Waals surface area contributed by atoms with Crippen LogP contribution in [-0.2, 0) is 9.47 Å². The predicted octanol–water partition coefficient (Wildman–Crippen LogP) is 3.62. The number of carbonyl (C=O) groups excluding carboxylic acids is 1. The molecule has 0 bridgehead atoms. The number of esters is 1. The van der Waals surface area contributed by atoms with Crippen molar-refractivity contribution in [2.24, 2.45) is 0 Å². The topological polar surface area (TPSA) is 60.5 Å². The maximum absolute atomic E-state index is 12.2. The summed E-state index contributed by atoms with van der Waals surface area (Å²) < 4.78 is 11.3. The number of nitrogens with one attached hydrogen (secondary N) is 1. The highest BCUT2D eigenvalue weighted by Crippen LogP contribution is 2.29. The Morgan fingerprint density at radius 1 is 1.45 bits per heavy atom. The molecule has 2 rings (SSSR count). The van der Waals surface area contributed by atoms with Crippen molar-refractivity contribution in [3.8, 4) is 0 Å². The van der Waals surface area contributed by atoms with E-state index in [2.05, 4.69) is 26.2 Å². The van der Waals surface area contributed by atoms with Crippen LogP contribution in [0.1, 0.15) is 24.2 Å². The average Bonchev–Trinajstić information content (AvgIpc) is 2.52. The number of fused-ring (bicyclic) bond motifs is 1. The zero-order valence-corrected chi connectivity index (χ0v) is 14.4. The van der Waals surface area contributed by atoms with Gasteiger partial charge in [0.2, 0.25) is 0 Å². The lowest BCUT2D eigenvalue weighted by molar-refractivity contribution is 0.0527. The first-order chi connectivity index (χ1) is 10.6. The second-order valence-corrected chi connectivity index (χ2v) is 5.77. The zero-order chi connectivity index (χ0) is 16.1. The minimum Gasteiger partial charge on any atom is -0.462 e. The Morgan fingerprint density at radius 2 is 2.23 bits per heavy atom. The molecule has 0 aliphatic heterocycles. The molecule has 2 aromatic rings. The summed E-state index contributed by atoms with van der Waals surface area (Å²) in [6.07, 6.45) is 1.57. The molecule has 1 aromatic heterocycles. The highest BCUT2D eigenvalue weighted by atomic mass is 79.9. The van der Waals surface area contributed by atoms with Crippen LogP contribution in [0.2, 0.25) is 0 Å². The average molecular weight is 367 g/mol. The summed E-state index contributed by atoms with van der Waals surface area (Å²) >= 11 is 3.46. The zero-order valence-electron chi connectivity index (χ0n) is 12.9. The number of halogens is 1. The van der Waals surface area contributed by atoms with Gasteiger partial charge in [-0.15, -0.1) is 0 Å². The Balaban J connectivity index is 2.50. The first kappa shape index (κ1) is 16.7. The Hall–Kier alpha value is -1.66.